The Kier molecular flexibility index (Phi) is 3.83. The van der Waals surface area contributed by atoms with Gasteiger partial charge in [0, 0.05) is 43.8 Å². The maximum atomic E-state index is 11.6. The van der Waals surface area contributed by atoms with Crippen molar-refractivity contribution in [2.75, 3.05) is 32.7 Å². The number of carbonyl (C=O) groups excluding carboxylic acids is 1. The van der Waals surface area contributed by atoms with Crippen LogP contribution in [0, 0.1) is 0 Å². The minimum atomic E-state index is 0.0606. The van der Waals surface area contributed by atoms with E-state index in [0.717, 1.165) is 31.2 Å². The van der Waals surface area contributed by atoms with Gasteiger partial charge in [-0.15, -0.1) is 0 Å². The molecule has 108 valence electrons. The topological polar surface area (TPSA) is 61.6 Å². The molecule has 3 N–H and O–H groups in total. The molecular formula is C14H19ClN4O. The Morgan fingerprint density at radius 2 is 2.10 bits per heavy atom. The molecule has 0 saturated carbocycles. The fourth-order valence-electron chi connectivity index (χ4n) is 3.09. The maximum Gasteiger partial charge on any atom is 0.317 e. The first-order valence-corrected chi connectivity index (χ1v) is 7.31. The van der Waals surface area contributed by atoms with Crippen LogP contribution in [-0.4, -0.2) is 54.6 Å². The van der Waals surface area contributed by atoms with Crippen molar-refractivity contribution in [2.24, 2.45) is 5.73 Å². The van der Waals surface area contributed by atoms with Gasteiger partial charge in [0.2, 0.25) is 0 Å². The second-order valence-corrected chi connectivity index (χ2v) is 5.77. The number of carbonyl (C=O) groups is 1. The normalized spacial score (nSPS) is 24.4. The number of urea groups is 1. The van der Waals surface area contributed by atoms with Crippen molar-refractivity contribution in [1.29, 1.82) is 0 Å². The molecule has 20 heavy (non-hydrogen) atoms. The number of amides is 2. The Balaban J connectivity index is 1.74. The predicted molar refractivity (Wildman–Crippen MR) is 78.7 cm³/mol. The average molecular weight is 295 g/mol. The number of fused-ring (bicyclic) bond motifs is 1. The molecular weight excluding hydrogens is 276 g/mol. The van der Waals surface area contributed by atoms with Crippen LogP contribution in [0.3, 0.4) is 0 Å². The number of nitrogens with two attached hydrogens (primary N) is 1. The Morgan fingerprint density at radius 1 is 1.35 bits per heavy atom. The van der Waals surface area contributed by atoms with Crippen LogP contribution in [0.5, 0.6) is 0 Å². The third kappa shape index (κ3) is 2.49. The molecule has 2 aliphatic rings. The molecule has 0 spiro atoms. The summed E-state index contributed by atoms with van der Waals surface area (Å²) in [5.41, 5.74) is 7.15. The average Bonchev–Trinajstić information content (AvgIpc) is 2.83. The molecule has 0 aliphatic carbocycles. The van der Waals surface area contributed by atoms with E-state index in [1.54, 1.807) is 0 Å². The zero-order valence-corrected chi connectivity index (χ0v) is 12.0. The number of piperazine rings is 1. The van der Waals surface area contributed by atoms with Crippen molar-refractivity contribution < 1.29 is 4.79 Å². The molecule has 0 bridgehead atoms. The molecule has 5 nitrogen and oxygen atoms in total. The minimum Gasteiger partial charge on any atom is -0.336 e. The molecule has 2 aliphatic heterocycles. The number of hydrogen-bond acceptors (Lipinski definition) is 3. The molecule has 2 unspecified atom stereocenters. The Labute approximate surface area is 123 Å². The summed E-state index contributed by atoms with van der Waals surface area (Å²) >= 11 is 5.94. The minimum absolute atomic E-state index is 0.0606. The second kappa shape index (κ2) is 5.60. The van der Waals surface area contributed by atoms with E-state index >= 15 is 0 Å². The first-order valence-electron chi connectivity index (χ1n) is 6.93. The van der Waals surface area contributed by atoms with Crippen LogP contribution in [0.25, 0.3) is 0 Å². The Bertz CT molecular complexity index is 492. The number of halogens is 1. The van der Waals surface area contributed by atoms with Gasteiger partial charge in [-0.3, -0.25) is 4.90 Å². The van der Waals surface area contributed by atoms with Crippen molar-refractivity contribution in [3.8, 4) is 0 Å². The summed E-state index contributed by atoms with van der Waals surface area (Å²) in [6.07, 6.45) is 0. The van der Waals surface area contributed by atoms with Crippen molar-refractivity contribution >= 4 is 17.6 Å². The number of rotatable bonds is 3. The second-order valence-electron chi connectivity index (χ2n) is 5.33. The summed E-state index contributed by atoms with van der Waals surface area (Å²) in [5, 5.41) is 3.63. The lowest BCUT2D eigenvalue weighted by Gasteiger charge is -2.40. The first-order chi connectivity index (χ1) is 9.69. The van der Waals surface area contributed by atoms with Crippen LogP contribution >= 0.6 is 11.6 Å². The maximum absolute atomic E-state index is 11.6. The molecule has 1 aromatic rings. The van der Waals surface area contributed by atoms with E-state index in [9.17, 15) is 4.79 Å². The summed E-state index contributed by atoms with van der Waals surface area (Å²) in [6.45, 7) is 3.78. The summed E-state index contributed by atoms with van der Waals surface area (Å²) in [4.78, 5) is 15.9. The molecule has 0 aromatic heterocycles. The van der Waals surface area contributed by atoms with Gasteiger partial charge in [0.25, 0.3) is 0 Å². The molecule has 2 fully saturated rings. The van der Waals surface area contributed by atoms with Crippen LogP contribution in [0.2, 0.25) is 5.02 Å². The van der Waals surface area contributed by atoms with Crippen molar-refractivity contribution in [3.05, 3.63) is 34.9 Å². The fourth-order valence-corrected chi connectivity index (χ4v) is 3.22. The molecule has 0 radical (unpaired) electrons. The Morgan fingerprint density at radius 3 is 2.80 bits per heavy atom. The first kappa shape index (κ1) is 13.7. The standard InChI is InChI=1S/C14H19ClN4O/c15-11-3-1-10(2-4-11)13(7-16)18-5-6-19-12(9-18)8-17-14(19)20/h1-4,12-13H,5-9,16H2,(H,17,20). The van der Waals surface area contributed by atoms with E-state index in [-0.39, 0.29) is 18.1 Å². The van der Waals surface area contributed by atoms with Gasteiger partial charge in [0.05, 0.1) is 6.04 Å². The van der Waals surface area contributed by atoms with Crippen LogP contribution < -0.4 is 11.1 Å². The highest BCUT2D eigenvalue weighted by molar-refractivity contribution is 6.30. The summed E-state index contributed by atoms with van der Waals surface area (Å²) < 4.78 is 0. The van der Waals surface area contributed by atoms with Gasteiger partial charge in [-0.05, 0) is 17.7 Å². The monoisotopic (exact) mass is 294 g/mol. The molecule has 2 heterocycles. The summed E-state index contributed by atoms with van der Waals surface area (Å²) in [7, 11) is 0. The van der Waals surface area contributed by atoms with Gasteiger partial charge in [-0.25, -0.2) is 4.79 Å². The number of nitrogens with one attached hydrogen (secondary N) is 1. The van der Waals surface area contributed by atoms with Crippen LogP contribution in [0.4, 0.5) is 4.79 Å². The van der Waals surface area contributed by atoms with Gasteiger partial charge < -0.3 is 16.0 Å². The van der Waals surface area contributed by atoms with Gasteiger partial charge in [-0.1, -0.05) is 23.7 Å². The quantitative estimate of drug-likeness (QED) is 0.876. The highest BCUT2D eigenvalue weighted by Crippen LogP contribution is 2.25. The molecule has 6 heteroatoms. The smallest absolute Gasteiger partial charge is 0.317 e. The highest BCUT2D eigenvalue weighted by atomic mass is 35.5. The highest BCUT2D eigenvalue weighted by Gasteiger charge is 2.37. The zero-order valence-electron chi connectivity index (χ0n) is 11.3. The third-order valence-electron chi connectivity index (χ3n) is 4.18. The zero-order chi connectivity index (χ0) is 14.1. The molecule has 2 atom stereocenters. The molecule has 3 rings (SSSR count). The molecule has 1 aromatic carbocycles. The van der Waals surface area contributed by atoms with E-state index in [4.69, 9.17) is 17.3 Å². The van der Waals surface area contributed by atoms with Crippen LogP contribution in [0.15, 0.2) is 24.3 Å². The summed E-state index contributed by atoms with van der Waals surface area (Å²) in [6, 6.07) is 8.37. The van der Waals surface area contributed by atoms with E-state index < -0.39 is 0 Å². The van der Waals surface area contributed by atoms with Crippen molar-refractivity contribution in [1.82, 2.24) is 15.1 Å². The van der Waals surface area contributed by atoms with Crippen molar-refractivity contribution in [3.63, 3.8) is 0 Å². The van der Waals surface area contributed by atoms with Gasteiger partial charge in [0.1, 0.15) is 0 Å². The van der Waals surface area contributed by atoms with Gasteiger partial charge >= 0.3 is 6.03 Å². The molecule has 2 amide bonds. The lowest BCUT2D eigenvalue weighted by Crippen LogP contribution is -2.53. The van der Waals surface area contributed by atoms with E-state index in [0.29, 0.717) is 6.54 Å². The van der Waals surface area contributed by atoms with Gasteiger partial charge in [0.15, 0.2) is 0 Å². The van der Waals surface area contributed by atoms with Crippen LogP contribution in [-0.2, 0) is 0 Å². The van der Waals surface area contributed by atoms with E-state index in [1.165, 1.54) is 5.56 Å². The predicted octanol–water partition coefficient (Wildman–Crippen LogP) is 1.05. The SMILES string of the molecule is NCC(c1ccc(Cl)cc1)N1CCN2C(=O)NCC2C1. The number of nitrogens with zero attached hydrogens (tertiary/aromatic N) is 2. The summed E-state index contributed by atoms with van der Waals surface area (Å²) in [5.74, 6) is 0. The fraction of sp³-hybridized carbons (Fsp3) is 0.500. The lowest BCUT2D eigenvalue weighted by atomic mass is 10.0. The Hall–Kier alpha value is -1.30. The van der Waals surface area contributed by atoms with Gasteiger partial charge in [-0.2, -0.15) is 0 Å². The number of benzene rings is 1. The third-order valence-corrected chi connectivity index (χ3v) is 4.43. The van der Waals surface area contributed by atoms with Crippen molar-refractivity contribution in [2.45, 2.75) is 12.1 Å². The van der Waals surface area contributed by atoms with E-state index in [2.05, 4.69) is 10.2 Å². The number of hydrogen-bond donors (Lipinski definition) is 2. The van der Waals surface area contributed by atoms with Crippen LogP contribution in [0.1, 0.15) is 11.6 Å². The largest absolute Gasteiger partial charge is 0.336 e. The van der Waals surface area contributed by atoms with E-state index in [1.807, 2.05) is 29.2 Å². The molecule has 2 saturated heterocycles. The lowest BCUT2D eigenvalue weighted by molar-refractivity contribution is 0.0904.